The molecule has 0 radical (unpaired) electrons. The first-order valence-corrected chi connectivity index (χ1v) is 10.3. The van der Waals surface area contributed by atoms with Gasteiger partial charge in [0.2, 0.25) is 10.0 Å². The average molecular weight is 414 g/mol. The van der Waals surface area contributed by atoms with Crippen molar-refractivity contribution in [3.05, 3.63) is 29.3 Å². The van der Waals surface area contributed by atoms with Gasteiger partial charge in [-0.1, -0.05) is 0 Å². The summed E-state index contributed by atoms with van der Waals surface area (Å²) in [7, 11) is -1.60. The molecule has 1 aromatic rings. The molecule has 2 unspecified atom stereocenters. The summed E-state index contributed by atoms with van der Waals surface area (Å²) in [6.45, 7) is 6.07. The van der Waals surface area contributed by atoms with E-state index in [-0.39, 0.29) is 34.8 Å². The molecule has 1 heterocycles. The fourth-order valence-electron chi connectivity index (χ4n) is 3.11. The van der Waals surface area contributed by atoms with Gasteiger partial charge in [0.25, 0.3) is 0 Å². The molecule has 0 spiro atoms. The van der Waals surface area contributed by atoms with Gasteiger partial charge < -0.3 is 14.2 Å². The summed E-state index contributed by atoms with van der Waals surface area (Å²) in [5.41, 5.74) is -0.108. The predicted molar refractivity (Wildman–Crippen MR) is 101 cm³/mol. The summed E-state index contributed by atoms with van der Waals surface area (Å²) in [6, 6.07) is 3.56. The number of morpholine rings is 1. The number of rotatable bonds is 7. The summed E-state index contributed by atoms with van der Waals surface area (Å²) < 4.78 is 42.8. The Balaban J connectivity index is 2.15. The van der Waals surface area contributed by atoms with Gasteiger partial charge in [-0.2, -0.15) is 0 Å². The minimum Gasteiger partial charge on any atom is -0.465 e. The highest BCUT2D eigenvalue weighted by Crippen LogP contribution is 2.17. The van der Waals surface area contributed by atoms with Crippen molar-refractivity contribution >= 4 is 22.0 Å². The lowest BCUT2D eigenvalue weighted by Crippen LogP contribution is -2.47. The van der Waals surface area contributed by atoms with Crippen LogP contribution in [0.1, 0.15) is 34.6 Å². The van der Waals surface area contributed by atoms with Crippen molar-refractivity contribution in [2.24, 2.45) is 0 Å². The van der Waals surface area contributed by atoms with Gasteiger partial charge in [0.05, 0.1) is 42.4 Å². The van der Waals surface area contributed by atoms with Crippen LogP contribution in [0.15, 0.2) is 23.1 Å². The Bertz CT molecular complexity index is 781. The van der Waals surface area contributed by atoms with Crippen LogP contribution in [-0.4, -0.2) is 77.9 Å². The number of hydrogen-bond donors (Lipinski definition) is 1. The highest BCUT2D eigenvalue weighted by Gasteiger charge is 2.24. The SMILES string of the molecule is COC(=O)c1cc(C(=O)OC)cc(S(=O)(=O)NCCN2CC(C)OC(C)C2)c1. The molecule has 10 heteroatoms. The summed E-state index contributed by atoms with van der Waals surface area (Å²) in [5.74, 6) is -1.50. The van der Waals surface area contributed by atoms with E-state index in [0.717, 1.165) is 13.1 Å². The highest BCUT2D eigenvalue weighted by atomic mass is 32.2. The van der Waals surface area contributed by atoms with E-state index in [1.807, 2.05) is 13.8 Å². The van der Waals surface area contributed by atoms with Crippen LogP contribution < -0.4 is 4.72 Å². The van der Waals surface area contributed by atoms with E-state index in [2.05, 4.69) is 19.1 Å². The molecule has 1 N–H and O–H groups in total. The lowest BCUT2D eigenvalue weighted by molar-refractivity contribution is -0.0671. The normalized spacial score (nSPS) is 20.6. The number of sulfonamides is 1. The zero-order valence-corrected chi connectivity index (χ0v) is 17.2. The molecule has 1 fully saturated rings. The fourth-order valence-corrected chi connectivity index (χ4v) is 4.20. The molecule has 0 saturated carbocycles. The van der Waals surface area contributed by atoms with Crippen molar-refractivity contribution < 1.29 is 32.2 Å². The highest BCUT2D eigenvalue weighted by molar-refractivity contribution is 7.89. The maximum absolute atomic E-state index is 12.7. The topological polar surface area (TPSA) is 111 Å². The number of nitrogens with one attached hydrogen (secondary N) is 1. The molecule has 1 aromatic carbocycles. The minimum atomic E-state index is -3.94. The summed E-state index contributed by atoms with van der Waals surface area (Å²) >= 11 is 0. The maximum atomic E-state index is 12.7. The second-order valence-corrected chi connectivity index (χ2v) is 8.41. The van der Waals surface area contributed by atoms with Gasteiger partial charge in [-0.25, -0.2) is 22.7 Å². The van der Waals surface area contributed by atoms with E-state index in [0.29, 0.717) is 6.54 Å². The van der Waals surface area contributed by atoms with Crippen LogP contribution in [0.25, 0.3) is 0 Å². The van der Waals surface area contributed by atoms with Gasteiger partial charge in [0, 0.05) is 26.2 Å². The lowest BCUT2D eigenvalue weighted by atomic mass is 10.1. The third-order valence-corrected chi connectivity index (χ3v) is 5.71. The van der Waals surface area contributed by atoms with Crippen LogP contribution >= 0.6 is 0 Å². The van der Waals surface area contributed by atoms with Gasteiger partial charge in [0.1, 0.15) is 0 Å². The number of ether oxygens (including phenoxy) is 3. The van der Waals surface area contributed by atoms with E-state index in [4.69, 9.17) is 4.74 Å². The van der Waals surface area contributed by atoms with E-state index < -0.39 is 22.0 Å². The first-order chi connectivity index (χ1) is 13.2. The minimum absolute atomic E-state index is 0.0541. The molecule has 1 saturated heterocycles. The molecule has 0 aromatic heterocycles. The van der Waals surface area contributed by atoms with Crippen LogP contribution in [0.2, 0.25) is 0 Å². The predicted octanol–water partition coefficient (Wildman–Crippen LogP) is 0.647. The standard InChI is InChI=1S/C18H26N2O7S/c1-12-10-20(11-13(2)27-12)6-5-19-28(23,24)16-8-14(17(21)25-3)7-15(9-16)18(22)26-4/h7-9,12-13,19H,5-6,10-11H2,1-4H3. The second kappa shape index (κ2) is 9.46. The first-order valence-electron chi connectivity index (χ1n) is 8.85. The van der Waals surface area contributed by atoms with Crippen molar-refractivity contribution in [3.8, 4) is 0 Å². The van der Waals surface area contributed by atoms with Gasteiger partial charge in [0.15, 0.2) is 0 Å². The molecule has 156 valence electrons. The van der Waals surface area contributed by atoms with Crippen LogP contribution in [0.4, 0.5) is 0 Å². The smallest absolute Gasteiger partial charge is 0.337 e. The number of benzene rings is 1. The van der Waals surface area contributed by atoms with E-state index in [1.165, 1.54) is 32.4 Å². The molecule has 1 aliphatic rings. The Labute approximate surface area is 165 Å². The number of carbonyl (C=O) groups is 2. The van der Waals surface area contributed by atoms with E-state index in [9.17, 15) is 18.0 Å². The summed E-state index contributed by atoms with van der Waals surface area (Å²) in [5, 5.41) is 0. The monoisotopic (exact) mass is 414 g/mol. The number of esters is 2. The molecular formula is C18H26N2O7S. The van der Waals surface area contributed by atoms with Gasteiger partial charge >= 0.3 is 11.9 Å². The molecule has 9 nitrogen and oxygen atoms in total. The molecule has 2 atom stereocenters. The number of nitrogens with zero attached hydrogens (tertiary/aromatic N) is 1. The van der Waals surface area contributed by atoms with Crippen molar-refractivity contribution in [1.29, 1.82) is 0 Å². The molecular weight excluding hydrogens is 388 g/mol. The van der Waals surface area contributed by atoms with Crippen molar-refractivity contribution in [2.45, 2.75) is 31.0 Å². The zero-order valence-electron chi connectivity index (χ0n) is 16.4. The zero-order chi connectivity index (χ0) is 20.9. The van der Waals surface area contributed by atoms with Crippen LogP contribution in [-0.2, 0) is 24.2 Å². The quantitative estimate of drug-likeness (QED) is 0.648. The summed E-state index contributed by atoms with van der Waals surface area (Å²) in [4.78, 5) is 25.6. The molecule has 0 aliphatic carbocycles. The second-order valence-electron chi connectivity index (χ2n) is 6.64. The van der Waals surface area contributed by atoms with Crippen molar-refractivity contribution in [2.75, 3.05) is 40.4 Å². The third-order valence-electron chi connectivity index (χ3n) is 4.27. The maximum Gasteiger partial charge on any atom is 0.337 e. The third kappa shape index (κ3) is 5.74. The van der Waals surface area contributed by atoms with Gasteiger partial charge in [-0.15, -0.1) is 0 Å². The van der Waals surface area contributed by atoms with Crippen molar-refractivity contribution in [3.63, 3.8) is 0 Å². The van der Waals surface area contributed by atoms with Crippen molar-refractivity contribution in [1.82, 2.24) is 9.62 Å². The van der Waals surface area contributed by atoms with Crippen LogP contribution in [0.5, 0.6) is 0 Å². The lowest BCUT2D eigenvalue weighted by Gasteiger charge is -2.35. The average Bonchev–Trinajstić information content (AvgIpc) is 2.65. The van der Waals surface area contributed by atoms with Crippen LogP contribution in [0, 0.1) is 0 Å². The van der Waals surface area contributed by atoms with Crippen LogP contribution in [0.3, 0.4) is 0 Å². The Kier molecular flexibility index (Phi) is 7.53. The Hall–Kier alpha value is -2.01. The Morgan fingerprint density at radius 1 is 1.07 bits per heavy atom. The number of carbonyl (C=O) groups excluding carboxylic acids is 2. The first kappa shape index (κ1) is 22.3. The molecule has 2 rings (SSSR count). The molecule has 0 amide bonds. The molecule has 0 bridgehead atoms. The summed E-state index contributed by atoms with van der Waals surface area (Å²) in [6.07, 6.45) is 0.166. The largest absolute Gasteiger partial charge is 0.465 e. The number of methoxy groups -OCH3 is 2. The molecule has 28 heavy (non-hydrogen) atoms. The number of hydrogen-bond acceptors (Lipinski definition) is 8. The Morgan fingerprint density at radius 3 is 2.04 bits per heavy atom. The van der Waals surface area contributed by atoms with E-state index >= 15 is 0 Å². The Morgan fingerprint density at radius 2 is 1.57 bits per heavy atom. The van der Waals surface area contributed by atoms with Gasteiger partial charge in [-0.3, -0.25) is 4.90 Å². The van der Waals surface area contributed by atoms with E-state index in [1.54, 1.807) is 0 Å². The fraction of sp³-hybridized carbons (Fsp3) is 0.556. The van der Waals surface area contributed by atoms with Gasteiger partial charge in [-0.05, 0) is 32.0 Å². The molecule has 1 aliphatic heterocycles.